The molecule has 1 amide bonds. The van der Waals surface area contributed by atoms with Gasteiger partial charge < -0.3 is 5.32 Å². The second-order valence-corrected chi connectivity index (χ2v) is 6.69. The molecular formula is C14H10Br3NO. The molecule has 0 aliphatic heterocycles. The average molecular weight is 448 g/mol. The van der Waals surface area contributed by atoms with Crippen molar-refractivity contribution in [3.8, 4) is 0 Å². The molecule has 5 heteroatoms. The van der Waals surface area contributed by atoms with Gasteiger partial charge in [-0.3, -0.25) is 4.79 Å². The monoisotopic (exact) mass is 445 g/mol. The van der Waals surface area contributed by atoms with Crippen molar-refractivity contribution in [2.75, 3.05) is 5.32 Å². The Morgan fingerprint density at radius 2 is 1.74 bits per heavy atom. The van der Waals surface area contributed by atoms with E-state index >= 15 is 0 Å². The zero-order valence-electron chi connectivity index (χ0n) is 10.0. The van der Waals surface area contributed by atoms with Gasteiger partial charge in [-0.15, -0.1) is 0 Å². The molecule has 2 rings (SSSR count). The molecule has 0 aliphatic carbocycles. The topological polar surface area (TPSA) is 29.1 Å². The van der Waals surface area contributed by atoms with Gasteiger partial charge in [0.1, 0.15) is 0 Å². The number of carbonyl (C=O) groups excluding carboxylic acids is 1. The molecule has 98 valence electrons. The van der Waals surface area contributed by atoms with Crippen LogP contribution in [0.4, 0.5) is 5.69 Å². The molecule has 0 aromatic heterocycles. The molecule has 19 heavy (non-hydrogen) atoms. The number of benzene rings is 2. The van der Waals surface area contributed by atoms with Gasteiger partial charge in [0.15, 0.2) is 0 Å². The minimum absolute atomic E-state index is 0.149. The van der Waals surface area contributed by atoms with Crippen LogP contribution in [0, 0.1) is 6.92 Å². The molecule has 0 bridgehead atoms. The molecule has 0 heterocycles. The zero-order chi connectivity index (χ0) is 14.0. The molecule has 2 aromatic rings. The van der Waals surface area contributed by atoms with Crippen molar-refractivity contribution in [3.05, 3.63) is 60.9 Å². The Balaban J connectivity index is 2.25. The van der Waals surface area contributed by atoms with E-state index < -0.39 is 0 Å². The Hall–Kier alpha value is -0.650. The second kappa shape index (κ2) is 6.20. The predicted molar refractivity (Wildman–Crippen MR) is 88.7 cm³/mol. The largest absolute Gasteiger partial charge is 0.321 e. The number of amides is 1. The predicted octanol–water partition coefficient (Wildman–Crippen LogP) is 5.53. The minimum Gasteiger partial charge on any atom is -0.321 e. The van der Waals surface area contributed by atoms with Crippen LogP contribution in [0.2, 0.25) is 0 Å². The zero-order valence-corrected chi connectivity index (χ0v) is 14.8. The Morgan fingerprint density at radius 1 is 1.00 bits per heavy atom. The fourth-order valence-electron chi connectivity index (χ4n) is 1.58. The molecule has 1 N–H and O–H groups in total. The summed E-state index contributed by atoms with van der Waals surface area (Å²) in [6.07, 6.45) is 0. The lowest BCUT2D eigenvalue weighted by Gasteiger charge is -2.09. The fourth-order valence-corrected chi connectivity index (χ4v) is 3.40. The van der Waals surface area contributed by atoms with Crippen molar-refractivity contribution in [1.29, 1.82) is 0 Å². The van der Waals surface area contributed by atoms with E-state index in [1.54, 1.807) is 6.07 Å². The maximum absolute atomic E-state index is 12.2. The Bertz CT molecular complexity index is 641. The molecule has 0 fully saturated rings. The van der Waals surface area contributed by atoms with Gasteiger partial charge in [0, 0.05) is 13.4 Å². The number of carbonyl (C=O) groups is 1. The van der Waals surface area contributed by atoms with E-state index in [1.165, 1.54) is 0 Å². The van der Waals surface area contributed by atoms with E-state index in [4.69, 9.17) is 0 Å². The Labute approximate surface area is 137 Å². The van der Waals surface area contributed by atoms with Gasteiger partial charge in [-0.05, 0) is 74.7 Å². The summed E-state index contributed by atoms with van der Waals surface area (Å²) in [4.78, 5) is 12.2. The van der Waals surface area contributed by atoms with E-state index in [-0.39, 0.29) is 5.91 Å². The summed E-state index contributed by atoms with van der Waals surface area (Å²) in [5.41, 5.74) is 2.48. The molecule has 0 saturated carbocycles. The first-order valence-corrected chi connectivity index (χ1v) is 7.88. The van der Waals surface area contributed by atoms with Crippen LogP contribution in [0.15, 0.2) is 49.8 Å². The van der Waals surface area contributed by atoms with Crippen LogP contribution in [0.5, 0.6) is 0 Å². The van der Waals surface area contributed by atoms with E-state index in [0.29, 0.717) is 5.56 Å². The van der Waals surface area contributed by atoms with Crippen LogP contribution in [0.3, 0.4) is 0 Å². The van der Waals surface area contributed by atoms with Crippen LogP contribution in [0.1, 0.15) is 15.9 Å². The van der Waals surface area contributed by atoms with Gasteiger partial charge >= 0.3 is 0 Å². The van der Waals surface area contributed by atoms with Gasteiger partial charge in [-0.25, -0.2) is 0 Å². The van der Waals surface area contributed by atoms with Gasteiger partial charge in [0.05, 0.1) is 11.3 Å². The summed E-state index contributed by atoms with van der Waals surface area (Å²) < 4.78 is 2.55. The Morgan fingerprint density at radius 3 is 2.37 bits per heavy atom. The number of hydrogen-bond donors (Lipinski definition) is 1. The quantitative estimate of drug-likeness (QED) is 0.643. The molecule has 2 nitrogen and oxygen atoms in total. The van der Waals surface area contributed by atoms with Gasteiger partial charge in [0.2, 0.25) is 0 Å². The van der Waals surface area contributed by atoms with Crippen molar-refractivity contribution in [1.82, 2.24) is 0 Å². The highest BCUT2D eigenvalue weighted by Gasteiger charge is 2.11. The van der Waals surface area contributed by atoms with Crippen molar-refractivity contribution in [3.63, 3.8) is 0 Å². The lowest BCUT2D eigenvalue weighted by atomic mass is 10.2. The number of rotatable bonds is 2. The SMILES string of the molecule is Cc1ccc(NC(=O)c2ccc(Br)cc2Br)c(Br)c1. The molecule has 2 aromatic carbocycles. The third-order valence-corrected chi connectivity index (χ3v) is 4.35. The maximum atomic E-state index is 12.2. The second-order valence-electron chi connectivity index (χ2n) is 4.06. The summed E-state index contributed by atoms with van der Waals surface area (Å²) in [5, 5.41) is 2.88. The standard InChI is InChI=1S/C14H10Br3NO/c1-8-2-5-13(12(17)6-8)18-14(19)10-4-3-9(15)7-11(10)16/h2-7H,1H3,(H,18,19). The van der Waals surface area contributed by atoms with Crippen molar-refractivity contribution in [2.24, 2.45) is 0 Å². The molecule has 0 saturated heterocycles. The molecule has 0 atom stereocenters. The molecule has 0 radical (unpaired) electrons. The maximum Gasteiger partial charge on any atom is 0.256 e. The number of halogens is 3. The summed E-state index contributed by atoms with van der Waals surface area (Å²) in [5.74, 6) is -0.149. The van der Waals surface area contributed by atoms with E-state index in [1.807, 2.05) is 37.3 Å². The summed E-state index contributed by atoms with van der Waals surface area (Å²) >= 11 is 10.2. The van der Waals surface area contributed by atoms with E-state index in [0.717, 1.165) is 24.7 Å². The number of nitrogens with one attached hydrogen (secondary N) is 1. The van der Waals surface area contributed by atoms with Crippen LogP contribution >= 0.6 is 47.8 Å². The first kappa shape index (κ1) is 14.8. The lowest BCUT2D eigenvalue weighted by molar-refractivity contribution is 0.102. The van der Waals surface area contributed by atoms with Crippen molar-refractivity contribution >= 4 is 59.4 Å². The first-order valence-electron chi connectivity index (χ1n) is 5.50. The van der Waals surface area contributed by atoms with E-state index in [9.17, 15) is 4.79 Å². The Kier molecular flexibility index (Phi) is 4.81. The smallest absolute Gasteiger partial charge is 0.256 e. The minimum atomic E-state index is -0.149. The molecule has 0 unspecified atom stereocenters. The van der Waals surface area contributed by atoms with Crippen LogP contribution in [-0.2, 0) is 0 Å². The molecule has 0 spiro atoms. The summed E-state index contributed by atoms with van der Waals surface area (Å²) in [6, 6.07) is 11.3. The highest BCUT2D eigenvalue weighted by molar-refractivity contribution is 9.11. The van der Waals surface area contributed by atoms with Crippen LogP contribution in [0.25, 0.3) is 0 Å². The molecular weight excluding hydrogens is 438 g/mol. The molecule has 0 aliphatic rings. The van der Waals surface area contributed by atoms with E-state index in [2.05, 4.69) is 53.1 Å². The highest BCUT2D eigenvalue weighted by atomic mass is 79.9. The third-order valence-electron chi connectivity index (χ3n) is 2.55. The summed E-state index contributed by atoms with van der Waals surface area (Å²) in [6.45, 7) is 2.00. The van der Waals surface area contributed by atoms with Crippen molar-refractivity contribution in [2.45, 2.75) is 6.92 Å². The van der Waals surface area contributed by atoms with Crippen LogP contribution in [-0.4, -0.2) is 5.91 Å². The highest BCUT2D eigenvalue weighted by Crippen LogP contribution is 2.26. The summed E-state index contributed by atoms with van der Waals surface area (Å²) in [7, 11) is 0. The average Bonchev–Trinajstić information content (AvgIpc) is 2.32. The lowest BCUT2D eigenvalue weighted by Crippen LogP contribution is -2.13. The van der Waals surface area contributed by atoms with Crippen molar-refractivity contribution < 1.29 is 4.79 Å². The number of aryl methyl sites for hydroxylation is 1. The van der Waals surface area contributed by atoms with Crippen LogP contribution < -0.4 is 5.32 Å². The first-order chi connectivity index (χ1) is 8.97. The third kappa shape index (κ3) is 3.68. The van der Waals surface area contributed by atoms with Gasteiger partial charge in [0.25, 0.3) is 5.91 Å². The number of hydrogen-bond acceptors (Lipinski definition) is 1. The number of anilines is 1. The normalized spacial score (nSPS) is 10.3. The van der Waals surface area contributed by atoms with Gasteiger partial charge in [-0.1, -0.05) is 22.0 Å². The van der Waals surface area contributed by atoms with Gasteiger partial charge in [-0.2, -0.15) is 0 Å². The fraction of sp³-hybridized carbons (Fsp3) is 0.0714.